The second-order valence-electron chi connectivity index (χ2n) is 4.44. The second-order valence-corrected chi connectivity index (χ2v) is 4.44. The third-order valence-electron chi connectivity index (χ3n) is 3.07. The summed E-state index contributed by atoms with van der Waals surface area (Å²) in [7, 11) is 0. The zero-order valence-corrected chi connectivity index (χ0v) is 10.8. The van der Waals surface area contributed by atoms with Crippen molar-refractivity contribution in [3.63, 3.8) is 0 Å². The first-order valence-electron chi connectivity index (χ1n) is 6.43. The van der Waals surface area contributed by atoms with Gasteiger partial charge >= 0.3 is 0 Å². The van der Waals surface area contributed by atoms with E-state index in [4.69, 9.17) is 4.42 Å². The maximum atomic E-state index is 12.1. The molecule has 3 aromatic rings. The van der Waals surface area contributed by atoms with E-state index in [0.29, 0.717) is 12.1 Å². The molecule has 0 bridgehead atoms. The van der Waals surface area contributed by atoms with Crippen LogP contribution in [-0.4, -0.2) is 27.6 Å². The van der Waals surface area contributed by atoms with Crippen molar-refractivity contribution in [2.45, 2.75) is 12.8 Å². The number of nitrogens with zero attached hydrogens (tertiary/aromatic N) is 2. The molecule has 0 saturated carbocycles. The molecule has 0 spiro atoms. The predicted octanol–water partition coefficient (Wildman–Crippen LogP) is 1.91. The molecule has 1 aromatic carbocycles. The standard InChI is InChI=1S/C14H14N4O2/c19-14(15-7-3-6-13-16-9-17-18-13)11-8-20-12-5-2-1-4-10(11)12/h1-2,4-5,8-9H,3,6-7H2,(H,15,19)(H,16,17,18). The Morgan fingerprint density at radius 1 is 1.35 bits per heavy atom. The number of rotatable bonds is 5. The van der Waals surface area contributed by atoms with Gasteiger partial charge in [-0.15, -0.1) is 0 Å². The summed E-state index contributed by atoms with van der Waals surface area (Å²) in [6.07, 6.45) is 4.53. The number of carbonyl (C=O) groups excluding carboxylic acids is 1. The van der Waals surface area contributed by atoms with Crippen LogP contribution in [0.1, 0.15) is 22.6 Å². The van der Waals surface area contributed by atoms with Crippen molar-refractivity contribution in [3.05, 3.63) is 48.2 Å². The van der Waals surface area contributed by atoms with Crippen LogP contribution in [0.4, 0.5) is 0 Å². The minimum atomic E-state index is -0.118. The predicted molar refractivity (Wildman–Crippen MR) is 73.3 cm³/mol. The Morgan fingerprint density at radius 2 is 2.25 bits per heavy atom. The van der Waals surface area contributed by atoms with Gasteiger partial charge in [0.15, 0.2) is 0 Å². The number of furan rings is 1. The van der Waals surface area contributed by atoms with Crippen molar-refractivity contribution in [2.75, 3.05) is 6.54 Å². The van der Waals surface area contributed by atoms with E-state index in [1.807, 2.05) is 24.3 Å². The van der Waals surface area contributed by atoms with Gasteiger partial charge in [0.1, 0.15) is 24.0 Å². The number of amides is 1. The highest BCUT2D eigenvalue weighted by Crippen LogP contribution is 2.20. The summed E-state index contributed by atoms with van der Waals surface area (Å²) >= 11 is 0. The zero-order chi connectivity index (χ0) is 13.8. The van der Waals surface area contributed by atoms with Gasteiger partial charge in [-0.1, -0.05) is 18.2 Å². The van der Waals surface area contributed by atoms with Crippen LogP contribution < -0.4 is 5.32 Å². The van der Waals surface area contributed by atoms with Crippen molar-refractivity contribution in [2.24, 2.45) is 0 Å². The molecule has 6 nitrogen and oxygen atoms in total. The smallest absolute Gasteiger partial charge is 0.255 e. The first-order chi connectivity index (χ1) is 9.84. The van der Waals surface area contributed by atoms with Gasteiger partial charge in [-0.05, 0) is 12.5 Å². The van der Waals surface area contributed by atoms with Crippen molar-refractivity contribution in [3.8, 4) is 0 Å². The Labute approximate surface area is 115 Å². The second kappa shape index (κ2) is 5.56. The van der Waals surface area contributed by atoms with Gasteiger partial charge in [0.25, 0.3) is 5.91 Å². The van der Waals surface area contributed by atoms with E-state index in [-0.39, 0.29) is 5.91 Å². The maximum Gasteiger partial charge on any atom is 0.255 e. The Hall–Kier alpha value is -2.63. The van der Waals surface area contributed by atoms with E-state index in [2.05, 4.69) is 20.5 Å². The van der Waals surface area contributed by atoms with Gasteiger partial charge in [-0.2, -0.15) is 5.10 Å². The molecule has 0 aliphatic heterocycles. The number of H-pyrrole nitrogens is 1. The average molecular weight is 270 g/mol. The van der Waals surface area contributed by atoms with E-state index < -0.39 is 0 Å². The summed E-state index contributed by atoms with van der Waals surface area (Å²) < 4.78 is 5.35. The summed E-state index contributed by atoms with van der Waals surface area (Å²) in [5.41, 5.74) is 1.29. The maximum absolute atomic E-state index is 12.1. The Morgan fingerprint density at radius 3 is 3.10 bits per heavy atom. The number of aromatic nitrogens is 3. The van der Waals surface area contributed by atoms with E-state index >= 15 is 0 Å². The van der Waals surface area contributed by atoms with Crippen LogP contribution in [0, 0.1) is 0 Å². The fourth-order valence-electron chi connectivity index (χ4n) is 2.06. The van der Waals surface area contributed by atoms with Crippen LogP contribution in [0.5, 0.6) is 0 Å². The van der Waals surface area contributed by atoms with Gasteiger partial charge < -0.3 is 9.73 Å². The molecule has 0 radical (unpaired) electrons. The van der Waals surface area contributed by atoms with Gasteiger partial charge in [0, 0.05) is 18.4 Å². The van der Waals surface area contributed by atoms with Crippen LogP contribution in [0.3, 0.4) is 0 Å². The van der Waals surface area contributed by atoms with Crippen molar-refractivity contribution in [1.29, 1.82) is 0 Å². The first kappa shape index (κ1) is 12.4. The monoisotopic (exact) mass is 270 g/mol. The van der Waals surface area contributed by atoms with Crippen molar-refractivity contribution >= 4 is 16.9 Å². The highest BCUT2D eigenvalue weighted by Gasteiger charge is 2.12. The minimum absolute atomic E-state index is 0.118. The van der Waals surface area contributed by atoms with Gasteiger partial charge in [0.05, 0.1) is 5.56 Å². The van der Waals surface area contributed by atoms with Crippen LogP contribution in [0.15, 0.2) is 41.3 Å². The molecule has 2 heterocycles. The number of fused-ring (bicyclic) bond motifs is 1. The summed E-state index contributed by atoms with van der Waals surface area (Å²) in [5, 5.41) is 10.3. The zero-order valence-electron chi connectivity index (χ0n) is 10.8. The summed E-state index contributed by atoms with van der Waals surface area (Å²) in [4.78, 5) is 16.1. The number of para-hydroxylation sites is 1. The van der Waals surface area contributed by atoms with Crippen LogP contribution in [-0.2, 0) is 6.42 Å². The van der Waals surface area contributed by atoms with Crippen LogP contribution in [0.2, 0.25) is 0 Å². The number of nitrogens with one attached hydrogen (secondary N) is 2. The lowest BCUT2D eigenvalue weighted by atomic mass is 10.1. The SMILES string of the molecule is O=C(NCCCc1ncn[nH]1)c1coc2ccccc12. The number of hydrogen-bond acceptors (Lipinski definition) is 4. The highest BCUT2D eigenvalue weighted by molar-refractivity contribution is 6.05. The number of benzene rings is 1. The minimum Gasteiger partial charge on any atom is -0.463 e. The number of aromatic amines is 1. The molecule has 102 valence electrons. The number of carbonyl (C=O) groups is 1. The van der Waals surface area contributed by atoms with Crippen molar-refractivity contribution < 1.29 is 9.21 Å². The molecule has 2 N–H and O–H groups in total. The normalized spacial score (nSPS) is 10.8. The molecule has 0 atom stereocenters. The summed E-state index contributed by atoms with van der Waals surface area (Å²) in [6, 6.07) is 7.49. The number of aryl methyl sites for hydroxylation is 1. The molecular weight excluding hydrogens is 256 g/mol. The van der Waals surface area contributed by atoms with E-state index in [1.54, 1.807) is 0 Å². The molecule has 0 fully saturated rings. The fourth-order valence-corrected chi connectivity index (χ4v) is 2.06. The lowest BCUT2D eigenvalue weighted by Crippen LogP contribution is -2.24. The molecule has 2 aromatic heterocycles. The summed E-state index contributed by atoms with van der Waals surface area (Å²) in [6.45, 7) is 0.582. The van der Waals surface area contributed by atoms with E-state index in [0.717, 1.165) is 29.6 Å². The third-order valence-corrected chi connectivity index (χ3v) is 3.07. The molecule has 0 aliphatic carbocycles. The quantitative estimate of drug-likeness (QED) is 0.694. The lowest BCUT2D eigenvalue weighted by Gasteiger charge is -2.02. The van der Waals surface area contributed by atoms with Gasteiger partial charge in [0.2, 0.25) is 0 Å². The molecule has 0 saturated heterocycles. The van der Waals surface area contributed by atoms with Crippen LogP contribution in [0.25, 0.3) is 11.0 Å². The van der Waals surface area contributed by atoms with Crippen LogP contribution >= 0.6 is 0 Å². The van der Waals surface area contributed by atoms with E-state index in [9.17, 15) is 4.79 Å². The van der Waals surface area contributed by atoms with E-state index in [1.165, 1.54) is 12.6 Å². The Kier molecular flexibility index (Phi) is 3.45. The molecule has 1 amide bonds. The first-order valence-corrected chi connectivity index (χ1v) is 6.43. The van der Waals surface area contributed by atoms with Gasteiger partial charge in [-0.3, -0.25) is 9.89 Å². The topological polar surface area (TPSA) is 83.8 Å². The highest BCUT2D eigenvalue weighted by atomic mass is 16.3. The number of hydrogen-bond donors (Lipinski definition) is 2. The average Bonchev–Trinajstić information content (AvgIpc) is 3.12. The largest absolute Gasteiger partial charge is 0.463 e. The fraction of sp³-hybridized carbons (Fsp3) is 0.214. The molecule has 6 heteroatoms. The molecule has 0 aliphatic rings. The molecule has 0 unspecified atom stereocenters. The van der Waals surface area contributed by atoms with Crippen molar-refractivity contribution in [1.82, 2.24) is 20.5 Å². The Bertz CT molecular complexity index is 703. The molecular formula is C14H14N4O2. The molecule has 3 rings (SSSR count). The van der Waals surface area contributed by atoms with Gasteiger partial charge in [-0.25, -0.2) is 4.98 Å². The third kappa shape index (κ3) is 2.54. The summed E-state index contributed by atoms with van der Waals surface area (Å²) in [5.74, 6) is 0.709. The Balaban J connectivity index is 1.56. The molecule has 20 heavy (non-hydrogen) atoms. The lowest BCUT2D eigenvalue weighted by molar-refractivity contribution is 0.0954.